The molecule has 0 aromatic heterocycles. The standard InChI is InChI=1S/C14H29N3O.ClH/c1-11(2)17(12(3)4)14(18)10-16-8-6-7-13(16)9-15-5;/h11-13,15H,6-10H2,1-5H3;1H. The lowest BCUT2D eigenvalue weighted by molar-refractivity contribution is -0.136. The number of nitrogens with zero attached hydrogens (tertiary/aromatic N) is 2. The molecule has 1 aliphatic rings. The molecule has 1 N–H and O–H groups in total. The summed E-state index contributed by atoms with van der Waals surface area (Å²) in [7, 11) is 1.98. The van der Waals surface area contributed by atoms with Crippen LogP contribution in [0.2, 0.25) is 0 Å². The second kappa shape index (κ2) is 8.77. The van der Waals surface area contributed by atoms with E-state index in [9.17, 15) is 4.79 Å². The minimum atomic E-state index is 0. The molecule has 1 unspecified atom stereocenters. The van der Waals surface area contributed by atoms with Crippen molar-refractivity contribution in [3.05, 3.63) is 0 Å². The Morgan fingerprint density at radius 1 is 1.32 bits per heavy atom. The van der Waals surface area contributed by atoms with Gasteiger partial charge < -0.3 is 10.2 Å². The molecule has 1 atom stereocenters. The van der Waals surface area contributed by atoms with Gasteiger partial charge in [-0.2, -0.15) is 0 Å². The van der Waals surface area contributed by atoms with E-state index in [0.29, 0.717) is 12.6 Å². The van der Waals surface area contributed by atoms with Crippen molar-refractivity contribution in [2.75, 3.05) is 26.7 Å². The van der Waals surface area contributed by atoms with Gasteiger partial charge in [0.2, 0.25) is 5.91 Å². The number of carbonyl (C=O) groups excluding carboxylic acids is 1. The molecule has 1 rings (SSSR count). The fourth-order valence-electron chi connectivity index (χ4n) is 3.00. The summed E-state index contributed by atoms with van der Waals surface area (Å²) in [6, 6.07) is 1.09. The van der Waals surface area contributed by atoms with Gasteiger partial charge in [0.1, 0.15) is 0 Å². The monoisotopic (exact) mass is 291 g/mol. The quantitative estimate of drug-likeness (QED) is 0.810. The van der Waals surface area contributed by atoms with Gasteiger partial charge in [0, 0.05) is 24.7 Å². The molecular formula is C14H30ClN3O. The van der Waals surface area contributed by atoms with E-state index < -0.39 is 0 Å². The first-order valence-electron chi connectivity index (χ1n) is 7.17. The van der Waals surface area contributed by atoms with Crippen LogP contribution >= 0.6 is 12.4 Å². The molecule has 1 heterocycles. The second-order valence-corrected chi connectivity index (χ2v) is 5.81. The van der Waals surface area contributed by atoms with Gasteiger partial charge >= 0.3 is 0 Å². The molecule has 0 spiro atoms. The van der Waals surface area contributed by atoms with E-state index in [1.165, 1.54) is 12.8 Å². The summed E-state index contributed by atoms with van der Waals surface area (Å²) in [5, 5.41) is 3.22. The molecule has 1 amide bonds. The van der Waals surface area contributed by atoms with E-state index in [2.05, 4.69) is 37.9 Å². The zero-order valence-electron chi connectivity index (χ0n) is 13.0. The van der Waals surface area contributed by atoms with E-state index in [1.54, 1.807) is 0 Å². The Bertz CT molecular complexity index is 263. The van der Waals surface area contributed by atoms with Gasteiger partial charge in [-0.25, -0.2) is 0 Å². The van der Waals surface area contributed by atoms with Crippen LogP contribution in [0.1, 0.15) is 40.5 Å². The highest BCUT2D eigenvalue weighted by atomic mass is 35.5. The summed E-state index contributed by atoms with van der Waals surface area (Å²) >= 11 is 0. The first kappa shape index (κ1) is 18.7. The molecule has 0 aliphatic carbocycles. The summed E-state index contributed by atoms with van der Waals surface area (Å²) in [5.74, 6) is 0.267. The molecule has 19 heavy (non-hydrogen) atoms. The first-order chi connectivity index (χ1) is 8.47. The van der Waals surface area contributed by atoms with Crippen LogP contribution in [0.15, 0.2) is 0 Å². The third-order valence-corrected chi connectivity index (χ3v) is 3.68. The van der Waals surface area contributed by atoms with Crippen molar-refractivity contribution in [2.24, 2.45) is 0 Å². The second-order valence-electron chi connectivity index (χ2n) is 5.81. The number of halogens is 1. The Kier molecular flexibility index (Phi) is 8.62. The Hall–Kier alpha value is -0.320. The Labute approximate surface area is 124 Å². The predicted molar refractivity (Wildman–Crippen MR) is 82.9 cm³/mol. The number of amides is 1. The molecule has 0 saturated carbocycles. The highest BCUT2D eigenvalue weighted by Gasteiger charge is 2.28. The largest absolute Gasteiger partial charge is 0.337 e. The van der Waals surface area contributed by atoms with Crippen LogP contribution in [0.25, 0.3) is 0 Å². The lowest BCUT2D eigenvalue weighted by Crippen LogP contribution is -2.49. The van der Waals surface area contributed by atoms with Crippen molar-refractivity contribution in [3.8, 4) is 0 Å². The van der Waals surface area contributed by atoms with Gasteiger partial charge in [-0.05, 0) is 54.1 Å². The van der Waals surface area contributed by atoms with Crippen molar-refractivity contribution >= 4 is 18.3 Å². The maximum absolute atomic E-state index is 12.4. The fraction of sp³-hybridized carbons (Fsp3) is 0.929. The van der Waals surface area contributed by atoms with Crippen molar-refractivity contribution in [2.45, 2.75) is 58.7 Å². The van der Waals surface area contributed by atoms with Gasteiger partial charge in [0.05, 0.1) is 6.54 Å². The van der Waals surface area contributed by atoms with Crippen molar-refractivity contribution in [1.29, 1.82) is 0 Å². The lowest BCUT2D eigenvalue weighted by Gasteiger charge is -2.33. The molecule has 4 nitrogen and oxygen atoms in total. The molecule has 0 aromatic rings. The smallest absolute Gasteiger partial charge is 0.237 e. The first-order valence-corrected chi connectivity index (χ1v) is 7.17. The number of rotatable bonds is 6. The highest BCUT2D eigenvalue weighted by Crippen LogP contribution is 2.17. The Balaban J connectivity index is 0.00000324. The van der Waals surface area contributed by atoms with Crippen LogP contribution in [0.3, 0.4) is 0 Å². The van der Waals surface area contributed by atoms with Gasteiger partial charge in [-0.15, -0.1) is 12.4 Å². The third-order valence-electron chi connectivity index (χ3n) is 3.68. The lowest BCUT2D eigenvalue weighted by atomic mass is 10.2. The normalized spacial score (nSPS) is 19.8. The fourth-order valence-corrected chi connectivity index (χ4v) is 3.00. The van der Waals surface area contributed by atoms with Crippen LogP contribution in [-0.2, 0) is 4.79 Å². The SMILES string of the molecule is CNCC1CCCN1CC(=O)N(C(C)C)C(C)C.Cl. The van der Waals surface area contributed by atoms with Crippen molar-refractivity contribution < 1.29 is 4.79 Å². The minimum absolute atomic E-state index is 0. The zero-order valence-corrected chi connectivity index (χ0v) is 13.8. The number of hydrogen-bond acceptors (Lipinski definition) is 3. The van der Waals surface area contributed by atoms with Crippen molar-refractivity contribution in [3.63, 3.8) is 0 Å². The highest BCUT2D eigenvalue weighted by molar-refractivity contribution is 5.85. The summed E-state index contributed by atoms with van der Waals surface area (Å²) in [6.45, 7) is 11.0. The van der Waals surface area contributed by atoms with E-state index in [1.807, 2.05) is 11.9 Å². The summed E-state index contributed by atoms with van der Waals surface area (Å²) in [6.07, 6.45) is 2.42. The minimum Gasteiger partial charge on any atom is -0.337 e. The average Bonchev–Trinajstić information content (AvgIpc) is 2.65. The van der Waals surface area contributed by atoms with E-state index in [0.717, 1.165) is 13.1 Å². The van der Waals surface area contributed by atoms with Crippen LogP contribution in [0, 0.1) is 0 Å². The molecule has 0 radical (unpaired) electrons. The Morgan fingerprint density at radius 3 is 2.37 bits per heavy atom. The third kappa shape index (κ3) is 5.28. The predicted octanol–water partition coefficient (Wildman–Crippen LogP) is 1.74. The van der Waals surface area contributed by atoms with Crippen molar-refractivity contribution in [1.82, 2.24) is 15.1 Å². The molecule has 1 saturated heterocycles. The summed E-state index contributed by atoms with van der Waals surface area (Å²) < 4.78 is 0. The summed E-state index contributed by atoms with van der Waals surface area (Å²) in [5.41, 5.74) is 0. The molecule has 1 fully saturated rings. The van der Waals surface area contributed by atoms with Gasteiger partial charge in [0.25, 0.3) is 0 Å². The van der Waals surface area contributed by atoms with Crippen LogP contribution < -0.4 is 5.32 Å². The summed E-state index contributed by atoms with van der Waals surface area (Å²) in [4.78, 5) is 16.7. The van der Waals surface area contributed by atoms with E-state index >= 15 is 0 Å². The van der Waals surface area contributed by atoms with E-state index in [-0.39, 0.29) is 30.4 Å². The van der Waals surface area contributed by atoms with Gasteiger partial charge in [0.15, 0.2) is 0 Å². The molecule has 114 valence electrons. The number of likely N-dealkylation sites (tertiary alicyclic amines) is 1. The number of hydrogen-bond donors (Lipinski definition) is 1. The molecule has 0 bridgehead atoms. The van der Waals surface area contributed by atoms with E-state index in [4.69, 9.17) is 0 Å². The average molecular weight is 292 g/mol. The molecule has 0 aromatic carbocycles. The number of carbonyl (C=O) groups is 1. The van der Waals surface area contributed by atoms with Crippen LogP contribution in [-0.4, -0.2) is 60.5 Å². The Morgan fingerprint density at radius 2 is 1.89 bits per heavy atom. The number of nitrogens with one attached hydrogen (secondary N) is 1. The molecular weight excluding hydrogens is 262 g/mol. The topological polar surface area (TPSA) is 35.6 Å². The maximum atomic E-state index is 12.4. The number of likely N-dealkylation sites (N-methyl/N-ethyl adjacent to an activating group) is 1. The zero-order chi connectivity index (χ0) is 13.7. The van der Waals surface area contributed by atoms with Crippen LogP contribution in [0.5, 0.6) is 0 Å². The molecule has 5 heteroatoms. The molecule has 1 aliphatic heterocycles. The van der Waals surface area contributed by atoms with Gasteiger partial charge in [-0.3, -0.25) is 9.69 Å². The van der Waals surface area contributed by atoms with Crippen LogP contribution in [0.4, 0.5) is 0 Å². The maximum Gasteiger partial charge on any atom is 0.237 e. The van der Waals surface area contributed by atoms with Gasteiger partial charge in [-0.1, -0.05) is 0 Å².